The predicted molar refractivity (Wildman–Crippen MR) is 129 cm³/mol. The van der Waals surface area contributed by atoms with Crippen LogP contribution in [-0.2, 0) is 29.1 Å². The number of esters is 2. The summed E-state index contributed by atoms with van der Waals surface area (Å²) in [5, 5.41) is 5.10. The second-order valence-corrected chi connectivity index (χ2v) is 9.56. The van der Waals surface area contributed by atoms with Crippen LogP contribution in [0.25, 0.3) is 0 Å². The van der Waals surface area contributed by atoms with Crippen molar-refractivity contribution in [1.82, 2.24) is 4.98 Å². The molecule has 1 aromatic heterocycles. The summed E-state index contributed by atoms with van der Waals surface area (Å²) in [6.07, 6.45) is 1.50. The number of ether oxygens (including phenoxy) is 2. The minimum atomic E-state index is -3.82. The number of hydrogen-bond acceptors (Lipinski definition) is 9. The second-order valence-electron chi connectivity index (χ2n) is 6.98. The van der Waals surface area contributed by atoms with Gasteiger partial charge in [-0.1, -0.05) is 30.3 Å². The normalized spacial score (nSPS) is 12.1. The number of carbonyl (C=O) groups is 2. The van der Waals surface area contributed by atoms with Crippen LogP contribution in [0.1, 0.15) is 25.5 Å². The zero-order valence-corrected chi connectivity index (χ0v) is 20.3. The van der Waals surface area contributed by atoms with Crippen LogP contribution in [0.4, 0.5) is 10.8 Å². The number of thiazole rings is 1. The maximum absolute atomic E-state index is 12.7. The van der Waals surface area contributed by atoms with Crippen LogP contribution in [0, 0.1) is 5.92 Å². The molecular weight excluding hydrogens is 478 g/mol. The molecule has 0 aliphatic rings. The highest BCUT2D eigenvalue weighted by molar-refractivity contribution is 7.93. The summed E-state index contributed by atoms with van der Waals surface area (Å²) in [7, 11) is -3.82. The Bertz CT molecular complexity index is 1170. The van der Waals surface area contributed by atoms with Crippen molar-refractivity contribution >= 4 is 44.1 Å². The number of sulfonamides is 1. The van der Waals surface area contributed by atoms with Crippen molar-refractivity contribution in [2.45, 2.75) is 24.8 Å². The quantitative estimate of drug-likeness (QED) is 0.299. The number of hydrogen-bond donors (Lipinski definition) is 2. The Morgan fingerprint density at radius 2 is 1.59 bits per heavy atom. The average molecular weight is 504 g/mol. The summed E-state index contributed by atoms with van der Waals surface area (Å²) in [5.41, 5.74) is 1.16. The molecule has 34 heavy (non-hydrogen) atoms. The first kappa shape index (κ1) is 25.2. The number of nitrogens with one attached hydrogen (secondary N) is 2. The molecule has 1 heterocycles. The first-order valence-electron chi connectivity index (χ1n) is 10.5. The third kappa shape index (κ3) is 6.33. The van der Waals surface area contributed by atoms with Gasteiger partial charge in [-0.15, -0.1) is 11.3 Å². The molecule has 0 aliphatic heterocycles. The van der Waals surface area contributed by atoms with Gasteiger partial charge in [-0.3, -0.25) is 14.3 Å². The lowest BCUT2D eigenvalue weighted by molar-refractivity contribution is -0.162. The smallest absolute Gasteiger partial charge is 0.322 e. The maximum atomic E-state index is 12.7. The van der Waals surface area contributed by atoms with Gasteiger partial charge in [0, 0.05) is 17.3 Å². The number of anilines is 2. The van der Waals surface area contributed by atoms with E-state index in [0.717, 1.165) is 0 Å². The zero-order valence-electron chi connectivity index (χ0n) is 18.6. The van der Waals surface area contributed by atoms with Crippen molar-refractivity contribution in [3.8, 4) is 0 Å². The predicted octanol–water partition coefficient (Wildman–Crippen LogP) is 3.84. The Morgan fingerprint density at radius 3 is 2.12 bits per heavy atom. The van der Waals surface area contributed by atoms with Crippen molar-refractivity contribution in [2.24, 2.45) is 5.92 Å². The summed E-state index contributed by atoms with van der Waals surface area (Å²) in [6, 6.07) is 14.1. The molecule has 0 saturated heterocycles. The standard InChI is InChI=1S/C23H25N3O6S2/c1-3-31-21(27)19(22(28)32-4-2)20(16-8-6-5-7-9-16)25-17-10-12-18(13-11-17)34(29,30)26-23-24-14-15-33-23/h5-15,19-20,25H,3-4H2,1-2H3,(H,24,26)/t20-/m0/s1. The van der Waals surface area contributed by atoms with Crippen LogP contribution in [0.2, 0.25) is 0 Å². The number of rotatable bonds is 11. The number of aromatic nitrogens is 1. The number of benzene rings is 2. The summed E-state index contributed by atoms with van der Waals surface area (Å²) >= 11 is 1.17. The number of nitrogens with zero attached hydrogens (tertiary/aromatic N) is 1. The summed E-state index contributed by atoms with van der Waals surface area (Å²) in [6.45, 7) is 3.53. The van der Waals surface area contributed by atoms with Gasteiger partial charge in [0.2, 0.25) is 0 Å². The van der Waals surface area contributed by atoms with Crippen LogP contribution < -0.4 is 10.0 Å². The zero-order chi connectivity index (χ0) is 24.6. The molecule has 9 nitrogen and oxygen atoms in total. The van der Waals surface area contributed by atoms with Gasteiger partial charge in [0.1, 0.15) is 0 Å². The van der Waals surface area contributed by atoms with Crippen LogP contribution in [0.3, 0.4) is 0 Å². The first-order valence-corrected chi connectivity index (χ1v) is 12.9. The van der Waals surface area contributed by atoms with Gasteiger partial charge in [0.15, 0.2) is 11.0 Å². The second kappa shape index (κ2) is 11.6. The van der Waals surface area contributed by atoms with E-state index in [2.05, 4.69) is 15.0 Å². The van der Waals surface area contributed by atoms with E-state index < -0.39 is 33.9 Å². The molecule has 0 radical (unpaired) electrons. The van der Waals surface area contributed by atoms with Crippen molar-refractivity contribution in [2.75, 3.05) is 23.3 Å². The van der Waals surface area contributed by atoms with Gasteiger partial charge in [-0.25, -0.2) is 13.4 Å². The van der Waals surface area contributed by atoms with Gasteiger partial charge in [-0.2, -0.15) is 0 Å². The Labute approximate surface area is 202 Å². The van der Waals surface area contributed by atoms with Crippen LogP contribution in [-0.4, -0.2) is 38.6 Å². The summed E-state index contributed by atoms with van der Waals surface area (Å²) in [5.74, 6) is -2.69. The fraction of sp³-hybridized carbons (Fsp3) is 0.261. The van der Waals surface area contributed by atoms with Crippen LogP contribution in [0.15, 0.2) is 71.1 Å². The van der Waals surface area contributed by atoms with E-state index in [9.17, 15) is 18.0 Å². The molecule has 11 heteroatoms. The van der Waals surface area contributed by atoms with Gasteiger partial charge in [0.05, 0.1) is 24.2 Å². The SMILES string of the molecule is CCOC(=O)C(C(=O)OCC)[C@@H](Nc1ccc(S(=O)(=O)Nc2nccs2)cc1)c1ccccc1. The Morgan fingerprint density at radius 1 is 0.971 bits per heavy atom. The molecule has 2 N–H and O–H groups in total. The summed E-state index contributed by atoms with van der Waals surface area (Å²) in [4.78, 5) is 29.5. The Balaban J connectivity index is 1.90. The van der Waals surface area contributed by atoms with Crippen molar-refractivity contribution in [1.29, 1.82) is 0 Å². The van der Waals surface area contributed by atoms with Crippen molar-refractivity contribution in [3.63, 3.8) is 0 Å². The minimum Gasteiger partial charge on any atom is -0.465 e. The van der Waals surface area contributed by atoms with E-state index in [-0.39, 0.29) is 23.2 Å². The fourth-order valence-corrected chi connectivity index (χ4v) is 5.00. The molecule has 3 aromatic rings. The van der Waals surface area contributed by atoms with Crippen molar-refractivity contribution in [3.05, 3.63) is 71.7 Å². The highest BCUT2D eigenvalue weighted by atomic mass is 32.2. The van der Waals surface area contributed by atoms with Gasteiger partial charge in [-0.05, 0) is 43.7 Å². The molecule has 0 saturated carbocycles. The minimum absolute atomic E-state index is 0.0387. The lowest BCUT2D eigenvalue weighted by atomic mass is 9.92. The average Bonchev–Trinajstić information content (AvgIpc) is 3.32. The van der Waals surface area contributed by atoms with E-state index in [1.165, 1.54) is 29.7 Å². The van der Waals surface area contributed by atoms with Gasteiger partial charge < -0.3 is 14.8 Å². The fourth-order valence-electron chi connectivity index (χ4n) is 3.21. The van der Waals surface area contributed by atoms with Gasteiger partial charge >= 0.3 is 11.9 Å². The molecule has 0 spiro atoms. The Kier molecular flexibility index (Phi) is 8.61. The molecule has 0 fully saturated rings. The van der Waals surface area contributed by atoms with E-state index in [0.29, 0.717) is 11.3 Å². The van der Waals surface area contributed by atoms with Crippen LogP contribution >= 0.6 is 11.3 Å². The lowest BCUT2D eigenvalue weighted by Crippen LogP contribution is -2.36. The molecule has 0 bridgehead atoms. The summed E-state index contributed by atoms with van der Waals surface area (Å²) < 4.78 is 37.9. The topological polar surface area (TPSA) is 124 Å². The van der Waals surface area contributed by atoms with Crippen LogP contribution in [0.5, 0.6) is 0 Å². The molecule has 180 valence electrons. The Hall–Kier alpha value is -3.44. The third-order valence-electron chi connectivity index (χ3n) is 4.71. The van der Waals surface area contributed by atoms with Crippen molar-refractivity contribution < 1.29 is 27.5 Å². The molecule has 2 aromatic carbocycles. The molecule has 1 atom stereocenters. The molecule has 3 rings (SSSR count). The van der Waals surface area contributed by atoms with Gasteiger partial charge in [0.25, 0.3) is 10.0 Å². The third-order valence-corrected chi connectivity index (χ3v) is 6.89. The van der Waals surface area contributed by atoms with E-state index >= 15 is 0 Å². The highest BCUT2D eigenvalue weighted by Crippen LogP contribution is 2.30. The van der Waals surface area contributed by atoms with E-state index in [4.69, 9.17) is 9.47 Å². The van der Waals surface area contributed by atoms with E-state index in [1.807, 2.05) is 6.07 Å². The molecule has 0 unspecified atom stereocenters. The van der Waals surface area contributed by atoms with E-state index in [1.54, 1.807) is 55.6 Å². The molecule has 0 amide bonds. The number of carbonyl (C=O) groups excluding carboxylic acids is 2. The highest BCUT2D eigenvalue weighted by Gasteiger charge is 2.38. The first-order chi connectivity index (χ1) is 16.4. The largest absolute Gasteiger partial charge is 0.465 e. The molecular formula is C23H25N3O6S2. The lowest BCUT2D eigenvalue weighted by Gasteiger charge is -2.26. The monoisotopic (exact) mass is 503 g/mol. The molecule has 0 aliphatic carbocycles. The maximum Gasteiger partial charge on any atom is 0.322 e.